The Bertz CT molecular complexity index is 1810. The van der Waals surface area contributed by atoms with Gasteiger partial charge >= 0.3 is 6.01 Å². The van der Waals surface area contributed by atoms with E-state index < -0.39 is 0 Å². The van der Waals surface area contributed by atoms with Crippen molar-refractivity contribution in [3.05, 3.63) is 140 Å². The summed E-state index contributed by atoms with van der Waals surface area (Å²) in [6.45, 7) is 4.31. The number of hydrogen-bond acceptors (Lipinski definition) is 1. The molecule has 4 aromatic carbocycles. The summed E-state index contributed by atoms with van der Waals surface area (Å²) >= 11 is 0. The number of fused-ring (bicyclic) bond motifs is 3. The van der Waals surface area contributed by atoms with Gasteiger partial charge in [-0.3, -0.25) is 0 Å². The van der Waals surface area contributed by atoms with Crippen LogP contribution in [0.2, 0.25) is 0 Å². The zero-order valence-corrected chi connectivity index (χ0v) is 24.7. The Balaban J connectivity index is 0.000000209. The molecule has 0 amide bonds. The first-order valence-electron chi connectivity index (χ1n) is 13.1. The molecular formula is C35H28IrN4. The number of hydrogen-bond donors (Lipinski definition) is 0. The van der Waals surface area contributed by atoms with E-state index in [0.29, 0.717) is 6.04 Å². The summed E-state index contributed by atoms with van der Waals surface area (Å²) in [6.07, 6.45) is 5.87. The van der Waals surface area contributed by atoms with Gasteiger partial charge in [-0.2, -0.15) is 6.07 Å². The van der Waals surface area contributed by atoms with Crippen LogP contribution in [0.4, 0.5) is 5.69 Å². The fourth-order valence-electron chi connectivity index (χ4n) is 4.72. The Labute approximate surface area is 248 Å². The molecule has 0 fully saturated rings. The van der Waals surface area contributed by atoms with Crippen molar-refractivity contribution in [2.24, 2.45) is 0 Å². The molecule has 1 aliphatic rings. The van der Waals surface area contributed by atoms with Crippen LogP contribution >= 0.6 is 0 Å². The Hall–Kier alpha value is -4.40. The molecule has 3 heterocycles. The third-order valence-corrected chi connectivity index (χ3v) is 6.67. The van der Waals surface area contributed by atoms with Crippen molar-refractivity contribution in [2.75, 3.05) is 0 Å². The van der Waals surface area contributed by atoms with Crippen LogP contribution in [0.25, 0.3) is 38.8 Å². The molecule has 1 radical (unpaired) electrons. The molecule has 0 spiro atoms. The van der Waals surface area contributed by atoms with Crippen LogP contribution < -0.4 is 0 Å². The first-order chi connectivity index (χ1) is 19.2. The monoisotopic (exact) mass is 697 g/mol. The smallest absolute Gasteiger partial charge is 0.334 e. The maximum absolute atomic E-state index is 4.22. The summed E-state index contributed by atoms with van der Waals surface area (Å²) in [5, 5.41) is 2.45. The fraction of sp³-hybridized carbons (Fsp3) is 0.0857. The molecule has 40 heavy (non-hydrogen) atoms. The standard InChI is InChI=1S/C24H20N3.C11H8N.Ir/c1-18(2)25-14-15-26(17-25)20-12-13-22-21-10-6-7-11-23(21)27(24(22)16-20)19-8-4-3-5-9-19;1-2-6-10(7-3-1)11-8-4-5-9-12-11;/h3-11,13-16,18H,1-2H3;1-6,8-9H;/q+1;-1;. The summed E-state index contributed by atoms with van der Waals surface area (Å²) in [4.78, 5) is 4.22. The number of benzene rings is 4. The van der Waals surface area contributed by atoms with E-state index in [4.69, 9.17) is 0 Å². The van der Waals surface area contributed by atoms with E-state index in [1.807, 2.05) is 53.2 Å². The van der Waals surface area contributed by atoms with E-state index in [1.54, 1.807) is 6.20 Å². The zero-order chi connectivity index (χ0) is 26.6. The van der Waals surface area contributed by atoms with Gasteiger partial charge in [0.05, 0.1) is 0 Å². The molecule has 0 aliphatic carbocycles. The summed E-state index contributed by atoms with van der Waals surface area (Å²) in [6, 6.07) is 47.4. The molecule has 0 N–H and O–H groups in total. The van der Waals surface area contributed by atoms with Crippen molar-refractivity contribution in [3.63, 3.8) is 0 Å². The van der Waals surface area contributed by atoms with Gasteiger partial charge in [-0.1, -0.05) is 63.7 Å². The first kappa shape index (κ1) is 27.2. The van der Waals surface area contributed by atoms with E-state index in [2.05, 4.69) is 119 Å². The van der Waals surface area contributed by atoms with Gasteiger partial charge in [0.1, 0.15) is 5.69 Å². The van der Waals surface area contributed by atoms with E-state index in [-0.39, 0.29) is 20.1 Å². The van der Waals surface area contributed by atoms with Crippen LogP contribution in [0, 0.1) is 12.1 Å². The Kier molecular flexibility index (Phi) is 8.28. The molecule has 1 aliphatic heterocycles. The normalized spacial score (nSPS) is 12.1. The molecule has 5 heteroatoms. The molecular weight excluding hydrogens is 669 g/mol. The zero-order valence-electron chi connectivity index (χ0n) is 22.3. The van der Waals surface area contributed by atoms with Gasteiger partial charge in [-0.05, 0) is 54.7 Å². The average Bonchev–Trinajstić information content (AvgIpc) is 3.62. The van der Waals surface area contributed by atoms with Crippen LogP contribution in [-0.4, -0.2) is 30.8 Å². The fourth-order valence-corrected chi connectivity index (χ4v) is 4.72. The average molecular weight is 697 g/mol. The Morgan fingerprint density at radius 1 is 0.775 bits per heavy atom. The van der Waals surface area contributed by atoms with E-state index in [9.17, 15) is 0 Å². The van der Waals surface area contributed by atoms with Crippen molar-refractivity contribution in [2.45, 2.75) is 19.9 Å². The third kappa shape index (κ3) is 5.50. The minimum atomic E-state index is 0. The summed E-state index contributed by atoms with van der Waals surface area (Å²) < 4.78 is 6.40. The number of para-hydroxylation sites is 2. The van der Waals surface area contributed by atoms with Gasteiger partial charge in [0.25, 0.3) is 6.20 Å². The minimum absolute atomic E-state index is 0. The summed E-state index contributed by atoms with van der Waals surface area (Å²) in [7, 11) is 0. The summed E-state index contributed by atoms with van der Waals surface area (Å²) in [5.41, 5.74) is 6.54. The van der Waals surface area contributed by atoms with Crippen LogP contribution in [0.5, 0.6) is 0 Å². The van der Waals surface area contributed by atoms with Crippen molar-refractivity contribution < 1.29 is 29.3 Å². The second-order valence-electron chi connectivity index (χ2n) is 9.57. The number of pyridine rings is 1. The molecule has 197 valence electrons. The van der Waals surface area contributed by atoms with Gasteiger partial charge in [-0.15, -0.1) is 47.3 Å². The quantitative estimate of drug-likeness (QED) is 0.136. The predicted molar refractivity (Wildman–Crippen MR) is 158 cm³/mol. The third-order valence-electron chi connectivity index (χ3n) is 6.67. The molecule has 0 atom stereocenters. The van der Waals surface area contributed by atoms with Gasteiger partial charge < -0.3 is 9.55 Å². The molecule has 0 unspecified atom stereocenters. The largest absolute Gasteiger partial charge is 0.493 e. The molecule has 2 aromatic heterocycles. The molecule has 7 rings (SSSR count). The number of nitrogens with zero attached hydrogens (tertiary/aromatic N) is 4. The van der Waals surface area contributed by atoms with Crippen LogP contribution in [-0.2, 0) is 20.1 Å². The van der Waals surface area contributed by atoms with E-state index in [1.165, 1.54) is 21.8 Å². The van der Waals surface area contributed by atoms with Crippen LogP contribution in [0.15, 0.2) is 128 Å². The maximum Gasteiger partial charge on any atom is 0.493 e. The second kappa shape index (κ2) is 12.2. The van der Waals surface area contributed by atoms with E-state index >= 15 is 0 Å². The van der Waals surface area contributed by atoms with Gasteiger partial charge in [-0.25, -0.2) is 0 Å². The first-order valence-corrected chi connectivity index (χ1v) is 13.1. The Morgan fingerprint density at radius 3 is 2.27 bits per heavy atom. The second-order valence-corrected chi connectivity index (χ2v) is 9.57. The topological polar surface area (TPSA) is 23.8 Å². The van der Waals surface area contributed by atoms with Gasteiger partial charge in [0.15, 0.2) is 6.04 Å². The summed E-state index contributed by atoms with van der Waals surface area (Å²) in [5.74, 6) is 0. The molecule has 6 aromatic rings. The van der Waals surface area contributed by atoms with Crippen molar-refractivity contribution in [3.8, 4) is 16.9 Å². The molecule has 0 saturated carbocycles. The Morgan fingerprint density at radius 2 is 1.55 bits per heavy atom. The predicted octanol–water partition coefficient (Wildman–Crippen LogP) is 7.85. The number of aromatic nitrogens is 2. The van der Waals surface area contributed by atoms with Crippen LogP contribution in [0.3, 0.4) is 0 Å². The van der Waals surface area contributed by atoms with Crippen molar-refractivity contribution in [1.29, 1.82) is 0 Å². The molecule has 4 nitrogen and oxygen atoms in total. The molecule has 0 saturated heterocycles. The van der Waals surface area contributed by atoms with Crippen LogP contribution in [0.1, 0.15) is 13.8 Å². The van der Waals surface area contributed by atoms with Gasteiger partial charge in [0.2, 0.25) is 6.20 Å². The van der Waals surface area contributed by atoms with Crippen molar-refractivity contribution in [1.82, 2.24) is 9.55 Å². The van der Waals surface area contributed by atoms with Crippen molar-refractivity contribution >= 4 is 33.5 Å². The number of rotatable bonds is 4. The minimum Gasteiger partial charge on any atom is -0.334 e. The molecule has 0 bridgehead atoms. The van der Waals surface area contributed by atoms with Gasteiger partial charge in [0, 0.05) is 37.5 Å². The SMILES string of the molecule is CC(C)[N+]1=C=[N+](c2[c-]cc3c4ccccc4n(-c4ccccc4)c3c2)C=C1.[Ir].[c-]1ccccc1-c1ccccn1. The van der Waals surface area contributed by atoms with E-state index in [0.717, 1.165) is 22.6 Å². The maximum atomic E-state index is 4.22.